The van der Waals surface area contributed by atoms with E-state index >= 15 is 0 Å². The van der Waals surface area contributed by atoms with Crippen molar-refractivity contribution >= 4 is 5.91 Å². The van der Waals surface area contributed by atoms with Crippen molar-refractivity contribution in [2.45, 2.75) is 25.2 Å². The number of imidazole rings is 1. The van der Waals surface area contributed by atoms with Gasteiger partial charge in [-0.1, -0.05) is 30.3 Å². The van der Waals surface area contributed by atoms with Gasteiger partial charge in [0.25, 0.3) is 5.91 Å². The molecule has 0 saturated carbocycles. The summed E-state index contributed by atoms with van der Waals surface area (Å²) in [7, 11) is 1.80. The number of nitrogens with zero attached hydrogens (tertiary/aromatic N) is 2. The molecule has 2 aromatic rings. The normalized spacial score (nSPS) is 21.1. The second-order valence-electron chi connectivity index (χ2n) is 5.64. The monoisotopic (exact) mass is 315 g/mol. The summed E-state index contributed by atoms with van der Waals surface area (Å²) in [6.07, 6.45) is 3.94. The molecule has 0 spiro atoms. The van der Waals surface area contributed by atoms with E-state index in [2.05, 4.69) is 10.3 Å². The third-order valence-electron chi connectivity index (χ3n) is 3.95. The summed E-state index contributed by atoms with van der Waals surface area (Å²) in [5, 5.41) is 3.02. The lowest BCUT2D eigenvalue weighted by molar-refractivity contribution is -0.0736. The molecule has 1 aromatic heterocycles. The molecule has 6 nitrogen and oxygen atoms in total. The molecular weight excluding hydrogens is 294 g/mol. The largest absolute Gasteiger partial charge is 0.379 e. The van der Waals surface area contributed by atoms with Crippen LogP contribution in [-0.4, -0.2) is 40.8 Å². The van der Waals surface area contributed by atoms with E-state index in [-0.39, 0.29) is 18.1 Å². The summed E-state index contributed by atoms with van der Waals surface area (Å²) in [6.45, 7) is 1.61. The van der Waals surface area contributed by atoms with Gasteiger partial charge >= 0.3 is 0 Å². The zero-order chi connectivity index (χ0) is 16.1. The van der Waals surface area contributed by atoms with E-state index < -0.39 is 0 Å². The summed E-state index contributed by atoms with van der Waals surface area (Å²) in [6, 6.07) is 9.91. The van der Waals surface area contributed by atoms with Crippen LogP contribution in [0.2, 0.25) is 0 Å². The minimum absolute atomic E-state index is 0.0725. The number of benzene rings is 1. The van der Waals surface area contributed by atoms with Crippen LogP contribution in [0.3, 0.4) is 0 Å². The van der Waals surface area contributed by atoms with Gasteiger partial charge in [-0.15, -0.1) is 0 Å². The number of aryl methyl sites for hydroxylation is 1. The Morgan fingerprint density at radius 3 is 3.00 bits per heavy atom. The van der Waals surface area contributed by atoms with Gasteiger partial charge in [0.15, 0.2) is 5.82 Å². The average molecular weight is 315 g/mol. The van der Waals surface area contributed by atoms with Crippen LogP contribution in [0.1, 0.15) is 22.6 Å². The maximum absolute atomic E-state index is 12.3. The van der Waals surface area contributed by atoms with Gasteiger partial charge in [-0.25, -0.2) is 4.98 Å². The summed E-state index contributed by atoms with van der Waals surface area (Å²) in [5.41, 5.74) is 1.10. The molecule has 0 bridgehead atoms. The van der Waals surface area contributed by atoms with Gasteiger partial charge in [0.2, 0.25) is 0 Å². The minimum Gasteiger partial charge on any atom is -0.379 e. The van der Waals surface area contributed by atoms with Gasteiger partial charge in [0.1, 0.15) is 6.10 Å². The minimum atomic E-state index is -0.183. The molecule has 3 rings (SSSR count). The van der Waals surface area contributed by atoms with E-state index in [0.717, 1.165) is 12.0 Å². The Bertz CT molecular complexity index is 642. The first-order valence-electron chi connectivity index (χ1n) is 7.75. The SMILES string of the molecule is Cn1ccnc1C(=O)N[C@@H]1CCOC[C@H]1OCc1ccccc1. The number of rotatable bonds is 5. The molecular formula is C17H21N3O3. The van der Waals surface area contributed by atoms with Crippen molar-refractivity contribution in [3.05, 3.63) is 54.1 Å². The van der Waals surface area contributed by atoms with Gasteiger partial charge in [-0.2, -0.15) is 0 Å². The van der Waals surface area contributed by atoms with Crippen LogP contribution in [0.5, 0.6) is 0 Å². The fraction of sp³-hybridized carbons (Fsp3) is 0.412. The number of ether oxygens (including phenoxy) is 2. The van der Waals surface area contributed by atoms with Crippen LogP contribution >= 0.6 is 0 Å². The van der Waals surface area contributed by atoms with E-state index in [1.807, 2.05) is 30.3 Å². The Morgan fingerprint density at radius 2 is 2.26 bits per heavy atom. The third kappa shape index (κ3) is 3.97. The van der Waals surface area contributed by atoms with Crippen LogP contribution in [0.15, 0.2) is 42.7 Å². The molecule has 1 aromatic carbocycles. The molecule has 0 aliphatic carbocycles. The first-order valence-corrected chi connectivity index (χ1v) is 7.75. The predicted molar refractivity (Wildman–Crippen MR) is 84.9 cm³/mol. The smallest absolute Gasteiger partial charge is 0.287 e. The second-order valence-corrected chi connectivity index (χ2v) is 5.64. The summed E-state index contributed by atoms with van der Waals surface area (Å²) < 4.78 is 13.2. The molecule has 6 heteroatoms. The van der Waals surface area contributed by atoms with E-state index in [9.17, 15) is 4.79 Å². The molecule has 1 fully saturated rings. The summed E-state index contributed by atoms with van der Waals surface area (Å²) in [4.78, 5) is 16.4. The highest BCUT2D eigenvalue weighted by Gasteiger charge is 2.29. The van der Waals surface area contributed by atoms with Crippen LogP contribution in [-0.2, 0) is 23.1 Å². The van der Waals surface area contributed by atoms with E-state index in [4.69, 9.17) is 9.47 Å². The van der Waals surface area contributed by atoms with Gasteiger partial charge in [-0.3, -0.25) is 4.79 Å². The number of amides is 1. The number of nitrogens with one attached hydrogen (secondary N) is 1. The molecule has 122 valence electrons. The van der Waals surface area contributed by atoms with Crippen molar-refractivity contribution < 1.29 is 14.3 Å². The molecule has 2 heterocycles. The average Bonchev–Trinajstić information content (AvgIpc) is 3.01. The van der Waals surface area contributed by atoms with E-state index in [0.29, 0.717) is 25.6 Å². The van der Waals surface area contributed by atoms with E-state index in [1.165, 1.54) is 0 Å². The van der Waals surface area contributed by atoms with Crippen molar-refractivity contribution in [2.75, 3.05) is 13.2 Å². The van der Waals surface area contributed by atoms with Crippen LogP contribution in [0.25, 0.3) is 0 Å². The fourth-order valence-corrected chi connectivity index (χ4v) is 2.64. The molecule has 2 atom stereocenters. The lowest BCUT2D eigenvalue weighted by atomic mass is 10.1. The topological polar surface area (TPSA) is 65.4 Å². The Balaban J connectivity index is 1.60. The quantitative estimate of drug-likeness (QED) is 0.908. The Morgan fingerprint density at radius 1 is 1.43 bits per heavy atom. The molecule has 0 unspecified atom stereocenters. The van der Waals surface area contributed by atoms with Crippen LogP contribution in [0.4, 0.5) is 0 Å². The number of aromatic nitrogens is 2. The van der Waals surface area contributed by atoms with E-state index in [1.54, 1.807) is 24.0 Å². The van der Waals surface area contributed by atoms with Gasteiger partial charge in [0, 0.05) is 26.0 Å². The van der Waals surface area contributed by atoms with Crippen LogP contribution < -0.4 is 5.32 Å². The van der Waals surface area contributed by atoms with Crippen LogP contribution in [0, 0.1) is 0 Å². The molecule has 1 saturated heterocycles. The molecule has 1 amide bonds. The van der Waals surface area contributed by atoms with Gasteiger partial charge in [0.05, 0.1) is 19.3 Å². The lowest BCUT2D eigenvalue weighted by Crippen LogP contribution is -2.50. The first-order chi connectivity index (χ1) is 11.2. The summed E-state index contributed by atoms with van der Waals surface area (Å²) >= 11 is 0. The van der Waals surface area contributed by atoms with Crippen molar-refractivity contribution in [1.82, 2.24) is 14.9 Å². The Labute approximate surface area is 135 Å². The molecule has 1 N–H and O–H groups in total. The first kappa shape index (κ1) is 15.7. The Hall–Kier alpha value is -2.18. The lowest BCUT2D eigenvalue weighted by Gasteiger charge is -2.32. The molecule has 1 aliphatic heterocycles. The molecule has 1 aliphatic rings. The fourth-order valence-electron chi connectivity index (χ4n) is 2.64. The molecule has 0 radical (unpaired) electrons. The maximum atomic E-state index is 12.3. The van der Waals surface area contributed by atoms with Crippen molar-refractivity contribution in [2.24, 2.45) is 7.05 Å². The highest BCUT2D eigenvalue weighted by Crippen LogP contribution is 2.14. The predicted octanol–water partition coefficient (Wildman–Crippen LogP) is 1.52. The number of carbonyl (C=O) groups excluding carboxylic acids is 1. The highest BCUT2D eigenvalue weighted by molar-refractivity contribution is 5.91. The molecule has 23 heavy (non-hydrogen) atoms. The van der Waals surface area contributed by atoms with Gasteiger partial charge in [-0.05, 0) is 12.0 Å². The van der Waals surface area contributed by atoms with Gasteiger partial charge < -0.3 is 19.4 Å². The summed E-state index contributed by atoms with van der Waals surface area (Å²) in [5.74, 6) is 0.219. The Kier molecular flexibility index (Phi) is 5.05. The maximum Gasteiger partial charge on any atom is 0.287 e. The zero-order valence-corrected chi connectivity index (χ0v) is 13.1. The number of hydrogen-bond donors (Lipinski definition) is 1. The third-order valence-corrected chi connectivity index (χ3v) is 3.95. The standard InChI is InChI=1S/C17H21N3O3/c1-20-9-8-18-16(20)17(21)19-14-7-10-22-12-15(14)23-11-13-5-3-2-4-6-13/h2-6,8-9,14-15H,7,10-12H2,1H3,(H,19,21)/t14-,15-/m1/s1. The second kappa shape index (κ2) is 7.39. The van der Waals surface area contributed by atoms with Crippen molar-refractivity contribution in [3.8, 4) is 0 Å². The van der Waals surface area contributed by atoms with Crippen molar-refractivity contribution in [3.63, 3.8) is 0 Å². The highest BCUT2D eigenvalue weighted by atomic mass is 16.5. The zero-order valence-electron chi connectivity index (χ0n) is 13.1. The number of carbonyl (C=O) groups is 1. The number of hydrogen-bond acceptors (Lipinski definition) is 4. The van der Waals surface area contributed by atoms with Crippen molar-refractivity contribution in [1.29, 1.82) is 0 Å².